The number of nitrogens with zero attached hydrogens (tertiary/aromatic N) is 2. The topological polar surface area (TPSA) is 17.8 Å². The molecule has 0 unspecified atom stereocenters. The third-order valence-electron chi connectivity index (χ3n) is 3.82. The highest BCUT2D eigenvalue weighted by molar-refractivity contribution is 6.17. The molecule has 0 radical (unpaired) electrons. The van der Waals surface area contributed by atoms with Gasteiger partial charge in [-0.3, -0.25) is 0 Å². The van der Waals surface area contributed by atoms with Gasteiger partial charge in [0, 0.05) is 18.8 Å². The van der Waals surface area contributed by atoms with Crippen LogP contribution < -0.4 is 0 Å². The van der Waals surface area contributed by atoms with Gasteiger partial charge in [0.1, 0.15) is 5.82 Å². The van der Waals surface area contributed by atoms with Gasteiger partial charge in [0.05, 0.1) is 11.0 Å². The number of rotatable bonds is 5. The summed E-state index contributed by atoms with van der Waals surface area (Å²) in [5.41, 5.74) is 3.74. The van der Waals surface area contributed by atoms with Gasteiger partial charge in [0.2, 0.25) is 0 Å². The highest BCUT2D eigenvalue weighted by Crippen LogP contribution is 2.33. The lowest BCUT2D eigenvalue weighted by Crippen LogP contribution is -2.06. The van der Waals surface area contributed by atoms with Crippen LogP contribution in [0.15, 0.2) is 18.2 Å². The lowest BCUT2D eigenvalue weighted by molar-refractivity contribution is 0.588. The van der Waals surface area contributed by atoms with E-state index in [0.29, 0.717) is 5.88 Å². The number of benzene rings is 1. The normalized spacial score (nSPS) is 15.4. The predicted octanol–water partition coefficient (Wildman–Crippen LogP) is 3.93. The van der Waals surface area contributed by atoms with Crippen molar-refractivity contribution < 1.29 is 0 Å². The van der Waals surface area contributed by atoms with Crippen LogP contribution in [0.4, 0.5) is 0 Å². The molecule has 1 aromatic heterocycles. The van der Waals surface area contributed by atoms with Crippen molar-refractivity contribution in [3.63, 3.8) is 0 Å². The lowest BCUT2D eigenvalue weighted by Gasteiger charge is -2.09. The molecule has 1 aromatic carbocycles. The number of halogens is 1. The Morgan fingerprint density at radius 3 is 2.94 bits per heavy atom. The summed E-state index contributed by atoms with van der Waals surface area (Å²) < 4.78 is 2.39. The van der Waals surface area contributed by atoms with E-state index in [4.69, 9.17) is 16.6 Å². The molecule has 1 heterocycles. The number of fused-ring (bicyclic) bond motifs is 1. The summed E-state index contributed by atoms with van der Waals surface area (Å²) in [6.07, 6.45) is 4.97. The van der Waals surface area contributed by atoms with Gasteiger partial charge in [-0.25, -0.2) is 4.98 Å². The van der Waals surface area contributed by atoms with Crippen molar-refractivity contribution in [2.75, 3.05) is 5.88 Å². The van der Waals surface area contributed by atoms with Crippen LogP contribution in [-0.4, -0.2) is 15.4 Å². The minimum absolute atomic E-state index is 0.645. The van der Waals surface area contributed by atoms with Crippen LogP contribution in [0.1, 0.15) is 30.7 Å². The van der Waals surface area contributed by atoms with Crippen LogP contribution in [0.25, 0.3) is 11.0 Å². The quantitative estimate of drug-likeness (QED) is 0.747. The van der Waals surface area contributed by atoms with Crippen molar-refractivity contribution in [2.45, 2.75) is 39.2 Å². The predicted molar refractivity (Wildman–Crippen MR) is 76.2 cm³/mol. The van der Waals surface area contributed by atoms with Crippen molar-refractivity contribution in [2.24, 2.45) is 5.92 Å². The van der Waals surface area contributed by atoms with Crippen molar-refractivity contribution >= 4 is 22.6 Å². The van der Waals surface area contributed by atoms with Crippen LogP contribution in [0.3, 0.4) is 0 Å². The fourth-order valence-electron chi connectivity index (χ4n) is 2.65. The van der Waals surface area contributed by atoms with E-state index in [0.717, 1.165) is 30.2 Å². The number of alkyl halides is 1. The highest BCUT2D eigenvalue weighted by atomic mass is 35.5. The molecular formula is C15H19ClN2. The molecule has 0 N–H and O–H groups in total. The second-order valence-corrected chi connectivity index (χ2v) is 5.67. The number of para-hydroxylation sites is 1. The molecule has 0 aliphatic heterocycles. The van der Waals surface area contributed by atoms with Gasteiger partial charge >= 0.3 is 0 Å². The van der Waals surface area contributed by atoms with E-state index in [1.807, 2.05) is 0 Å². The summed E-state index contributed by atoms with van der Waals surface area (Å²) in [6, 6.07) is 6.36. The van der Waals surface area contributed by atoms with E-state index < -0.39 is 0 Å². The molecule has 0 amide bonds. The Bertz CT molecular complexity index is 555. The molecule has 0 spiro atoms. The number of hydrogen-bond acceptors (Lipinski definition) is 1. The van der Waals surface area contributed by atoms with Gasteiger partial charge in [-0.05, 0) is 30.9 Å². The molecule has 0 atom stereocenters. The van der Waals surface area contributed by atoms with Crippen LogP contribution in [0, 0.1) is 12.8 Å². The second-order valence-electron chi connectivity index (χ2n) is 5.29. The zero-order chi connectivity index (χ0) is 12.5. The Morgan fingerprint density at radius 2 is 2.22 bits per heavy atom. The molecule has 2 aromatic rings. The first kappa shape index (κ1) is 12.0. The van der Waals surface area contributed by atoms with Crippen LogP contribution in [0.2, 0.25) is 0 Å². The third kappa shape index (κ3) is 2.26. The molecule has 1 aliphatic rings. The molecule has 96 valence electrons. The lowest BCUT2D eigenvalue weighted by atomic mass is 10.2. The summed E-state index contributed by atoms with van der Waals surface area (Å²) in [6.45, 7) is 3.26. The Morgan fingerprint density at radius 1 is 1.39 bits per heavy atom. The van der Waals surface area contributed by atoms with Crippen molar-refractivity contribution in [3.8, 4) is 0 Å². The molecule has 3 heteroatoms. The van der Waals surface area contributed by atoms with E-state index in [1.54, 1.807) is 0 Å². The zero-order valence-electron chi connectivity index (χ0n) is 10.8. The van der Waals surface area contributed by atoms with Gasteiger partial charge in [-0.15, -0.1) is 11.6 Å². The fourth-order valence-corrected chi connectivity index (χ4v) is 2.82. The van der Waals surface area contributed by atoms with E-state index >= 15 is 0 Å². The Kier molecular flexibility index (Phi) is 3.29. The monoisotopic (exact) mass is 262 g/mol. The van der Waals surface area contributed by atoms with Crippen LogP contribution in [-0.2, 0) is 13.0 Å². The first-order valence-electron chi connectivity index (χ1n) is 6.80. The summed E-state index contributed by atoms with van der Waals surface area (Å²) in [5.74, 6) is 2.75. The van der Waals surface area contributed by atoms with E-state index in [-0.39, 0.29) is 0 Å². The maximum absolute atomic E-state index is 5.90. The molecule has 18 heavy (non-hydrogen) atoms. The van der Waals surface area contributed by atoms with Crippen LogP contribution >= 0.6 is 11.6 Å². The Labute approximate surface area is 113 Å². The van der Waals surface area contributed by atoms with E-state index in [1.165, 1.54) is 30.3 Å². The molecule has 0 saturated heterocycles. The maximum Gasteiger partial charge on any atom is 0.111 e. The molecule has 1 saturated carbocycles. The molecule has 1 aliphatic carbocycles. The molecule has 2 nitrogen and oxygen atoms in total. The van der Waals surface area contributed by atoms with Gasteiger partial charge in [-0.2, -0.15) is 0 Å². The van der Waals surface area contributed by atoms with Crippen molar-refractivity contribution in [3.05, 3.63) is 29.6 Å². The smallest absolute Gasteiger partial charge is 0.111 e. The SMILES string of the molecule is Cc1cccc2nc(CCCl)n(CCC3CC3)c12. The van der Waals surface area contributed by atoms with Crippen molar-refractivity contribution in [1.82, 2.24) is 9.55 Å². The van der Waals surface area contributed by atoms with E-state index in [9.17, 15) is 0 Å². The first-order valence-corrected chi connectivity index (χ1v) is 7.33. The van der Waals surface area contributed by atoms with Gasteiger partial charge in [-0.1, -0.05) is 25.0 Å². The largest absolute Gasteiger partial charge is 0.328 e. The summed E-state index contributed by atoms with van der Waals surface area (Å²) in [5, 5.41) is 0. The van der Waals surface area contributed by atoms with E-state index in [2.05, 4.69) is 29.7 Å². The zero-order valence-corrected chi connectivity index (χ0v) is 11.6. The number of aryl methyl sites for hydroxylation is 3. The average molecular weight is 263 g/mol. The summed E-state index contributed by atoms with van der Waals surface area (Å²) in [4.78, 5) is 4.74. The molecular weight excluding hydrogens is 244 g/mol. The number of aromatic nitrogens is 2. The molecule has 1 fully saturated rings. The maximum atomic E-state index is 5.90. The standard InChI is InChI=1S/C15H19ClN2/c1-11-3-2-4-13-15(11)18(10-8-12-5-6-12)14(17-13)7-9-16/h2-4,12H,5-10H2,1H3. The Balaban J connectivity index is 2.01. The Hall–Kier alpha value is -1.02. The minimum Gasteiger partial charge on any atom is -0.328 e. The highest BCUT2D eigenvalue weighted by Gasteiger charge is 2.22. The number of hydrogen-bond donors (Lipinski definition) is 0. The third-order valence-corrected chi connectivity index (χ3v) is 4.01. The number of imidazole rings is 1. The summed E-state index contributed by atoms with van der Waals surface area (Å²) in [7, 11) is 0. The van der Waals surface area contributed by atoms with Crippen LogP contribution in [0.5, 0.6) is 0 Å². The first-order chi connectivity index (χ1) is 8.79. The summed E-state index contributed by atoms with van der Waals surface area (Å²) >= 11 is 5.90. The minimum atomic E-state index is 0.645. The molecule has 3 rings (SSSR count). The fraction of sp³-hybridized carbons (Fsp3) is 0.533. The second kappa shape index (κ2) is 4.93. The van der Waals surface area contributed by atoms with Gasteiger partial charge in [0.15, 0.2) is 0 Å². The van der Waals surface area contributed by atoms with Gasteiger partial charge < -0.3 is 4.57 Å². The average Bonchev–Trinajstić information content (AvgIpc) is 3.10. The van der Waals surface area contributed by atoms with Crippen molar-refractivity contribution in [1.29, 1.82) is 0 Å². The molecule has 0 bridgehead atoms. The van der Waals surface area contributed by atoms with Gasteiger partial charge in [0.25, 0.3) is 0 Å².